The van der Waals surface area contributed by atoms with E-state index in [2.05, 4.69) is 17.3 Å². The summed E-state index contributed by atoms with van der Waals surface area (Å²) in [5.41, 5.74) is 4.30. The van der Waals surface area contributed by atoms with Crippen molar-refractivity contribution < 1.29 is 19.1 Å². The second-order valence-electron chi connectivity index (χ2n) is 8.88. The van der Waals surface area contributed by atoms with Crippen LogP contribution in [0.15, 0.2) is 41.5 Å². The Morgan fingerprint density at radius 2 is 1.86 bits per heavy atom. The summed E-state index contributed by atoms with van der Waals surface area (Å²) >= 11 is 1.09. The summed E-state index contributed by atoms with van der Waals surface area (Å²) < 4.78 is 5.76. The number of nitrogens with one attached hydrogen (secondary N) is 1. The lowest BCUT2D eigenvalue weighted by molar-refractivity contribution is -0.139. The zero-order valence-corrected chi connectivity index (χ0v) is 21.5. The fourth-order valence-corrected chi connectivity index (χ4v) is 5.81. The summed E-state index contributed by atoms with van der Waals surface area (Å²) in [6.07, 6.45) is 2.06. The number of aryl methyl sites for hydroxylation is 2. The van der Waals surface area contributed by atoms with Crippen LogP contribution in [0.25, 0.3) is 0 Å². The van der Waals surface area contributed by atoms with E-state index in [1.807, 2.05) is 50.2 Å². The number of benzene rings is 2. The smallest absolute Gasteiger partial charge is 0.271 e. The van der Waals surface area contributed by atoms with Gasteiger partial charge in [0.25, 0.3) is 5.91 Å². The number of fused-ring (bicyclic) bond motifs is 2. The molecule has 2 aromatic rings. The van der Waals surface area contributed by atoms with Gasteiger partial charge in [0.05, 0.1) is 18.8 Å². The van der Waals surface area contributed by atoms with E-state index in [1.165, 1.54) is 18.9 Å². The highest BCUT2D eigenvalue weighted by molar-refractivity contribution is 8.15. The number of thioether (sulfide) groups is 1. The average Bonchev–Trinajstić information content (AvgIpc) is 3.27. The standard InChI is InChI=1S/C26H30N4O4S/c1-6-7-12-34-21-10-8-20(9-11-21)15-29-23-17(3)13-16(2)14-22(23)26(24(29)33)30(19(5)32)28-25(35-26)27-18(4)31/h8-11,13-14H,6-7,12,15H2,1-5H3,(H,27,28,31)/t26-/m1/s1. The normalized spacial score (nSPS) is 18.7. The summed E-state index contributed by atoms with van der Waals surface area (Å²) in [6.45, 7) is 9.78. The Labute approximate surface area is 209 Å². The molecule has 0 aliphatic carbocycles. The molecule has 0 saturated carbocycles. The minimum atomic E-state index is -1.40. The van der Waals surface area contributed by atoms with Gasteiger partial charge in [-0.2, -0.15) is 5.01 Å². The van der Waals surface area contributed by atoms with E-state index < -0.39 is 4.87 Å². The molecule has 2 heterocycles. The molecule has 1 atom stereocenters. The maximum atomic E-state index is 14.1. The summed E-state index contributed by atoms with van der Waals surface area (Å²) in [4.78, 5) is 38.9. The molecule has 35 heavy (non-hydrogen) atoms. The predicted molar refractivity (Wildman–Crippen MR) is 137 cm³/mol. The van der Waals surface area contributed by atoms with E-state index in [0.29, 0.717) is 18.7 Å². The average molecular weight is 495 g/mol. The largest absolute Gasteiger partial charge is 0.494 e. The van der Waals surface area contributed by atoms with Crippen molar-refractivity contribution in [2.75, 3.05) is 11.5 Å². The van der Waals surface area contributed by atoms with E-state index in [1.54, 1.807) is 4.90 Å². The van der Waals surface area contributed by atoms with Crippen molar-refractivity contribution in [1.82, 2.24) is 10.3 Å². The van der Waals surface area contributed by atoms with Gasteiger partial charge in [0.2, 0.25) is 16.7 Å². The number of carbonyl (C=O) groups is 3. The molecule has 0 aromatic heterocycles. The van der Waals surface area contributed by atoms with E-state index in [9.17, 15) is 14.4 Å². The lowest BCUT2D eigenvalue weighted by atomic mass is 10.0. The number of nitrogens with zero attached hydrogens (tertiary/aromatic N) is 3. The van der Waals surface area contributed by atoms with E-state index in [4.69, 9.17) is 4.74 Å². The second kappa shape index (κ2) is 9.73. The zero-order chi connectivity index (χ0) is 25.3. The Hall–Kier alpha value is -3.33. The molecule has 184 valence electrons. The van der Waals surface area contributed by atoms with Crippen molar-refractivity contribution in [1.29, 1.82) is 0 Å². The summed E-state index contributed by atoms with van der Waals surface area (Å²) in [5.74, 6) is -0.178. The fourth-order valence-electron chi connectivity index (χ4n) is 4.50. The van der Waals surface area contributed by atoms with Gasteiger partial charge in [-0.05, 0) is 55.3 Å². The van der Waals surface area contributed by atoms with Crippen molar-refractivity contribution in [2.45, 2.75) is 58.9 Å². The SMILES string of the molecule is CCCCOc1ccc(CN2C(=O)[C@]3(SC(NC(C)=O)=NN3C(C)=O)c3cc(C)cc(C)c32)cc1. The lowest BCUT2D eigenvalue weighted by Crippen LogP contribution is -2.48. The first-order chi connectivity index (χ1) is 16.7. The van der Waals surface area contributed by atoms with Crippen LogP contribution in [0.3, 0.4) is 0 Å². The number of ether oxygens (including phenoxy) is 1. The summed E-state index contributed by atoms with van der Waals surface area (Å²) in [7, 11) is 0. The molecule has 0 saturated heterocycles. The van der Waals surface area contributed by atoms with Gasteiger partial charge in [-0.15, -0.1) is 5.10 Å². The minimum Gasteiger partial charge on any atom is -0.494 e. The highest BCUT2D eigenvalue weighted by Crippen LogP contribution is 2.55. The summed E-state index contributed by atoms with van der Waals surface area (Å²) in [5, 5.41) is 8.40. The number of amides is 3. The summed E-state index contributed by atoms with van der Waals surface area (Å²) in [6, 6.07) is 11.7. The maximum Gasteiger partial charge on any atom is 0.271 e. The molecule has 2 aliphatic heterocycles. The van der Waals surface area contributed by atoms with Crippen LogP contribution in [0.5, 0.6) is 5.75 Å². The number of hydrogen-bond acceptors (Lipinski definition) is 6. The number of amidine groups is 1. The quantitative estimate of drug-likeness (QED) is 0.608. The van der Waals surface area contributed by atoms with Crippen LogP contribution in [-0.4, -0.2) is 34.5 Å². The number of hydrogen-bond donors (Lipinski definition) is 1. The van der Waals surface area contributed by atoms with E-state index >= 15 is 0 Å². The van der Waals surface area contributed by atoms with Gasteiger partial charge in [0, 0.05) is 19.4 Å². The zero-order valence-electron chi connectivity index (χ0n) is 20.7. The van der Waals surface area contributed by atoms with Gasteiger partial charge in [0.15, 0.2) is 5.17 Å². The molecule has 0 radical (unpaired) electrons. The van der Waals surface area contributed by atoms with Crippen LogP contribution < -0.4 is 15.0 Å². The minimum absolute atomic E-state index is 0.224. The molecule has 0 unspecified atom stereocenters. The second-order valence-corrected chi connectivity index (χ2v) is 10.1. The maximum absolute atomic E-state index is 14.1. The first-order valence-electron chi connectivity index (χ1n) is 11.7. The van der Waals surface area contributed by atoms with Crippen molar-refractivity contribution in [2.24, 2.45) is 5.10 Å². The van der Waals surface area contributed by atoms with Crippen molar-refractivity contribution in [3.8, 4) is 5.75 Å². The molecule has 3 amide bonds. The molecule has 9 heteroatoms. The third-order valence-electron chi connectivity index (χ3n) is 5.96. The van der Waals surface area contributed by atoms with E-state index in [-0.39, 0.29) is 22.9 Å². The number of carbonyl (C=O) groups excluding carboxylic acids is 3. The molecule has 0 bridgehead atoms. The topological polar surface area (TPSA) is 91.3 Å². The number of anilines is 1. The first kappa shape index (κ1) is 24.8. The Balaban J connectivity index is 1.72. The van der Waals surface area contributed by atoms with Gasteiger partial charge in [0.1, 0.15) is 5.75 Å². The van der Waals surface area contributed by atoms with Crippen molar-refractivity contribution in [3.63, 3.8) is 0 Å². The van der Waals surface area contributed by atoms with Gasteiger partial charge >= 0.3 is 0 Å². The van der Waals surface area contributed by atoms with Crippen LogP contribution in [0.4, 0.5) is 5.69 Å². The molecule has 2 aliphatic rings. The molecule has 1 N–H and O–H groups in total. The molecule has 4 rings (SSSR count). The Kier molecular flexibility index (Phi) is 6.89. The lowest BCUT2D eigenvalue weighted by Gasteiger charge is -2.29. The molecular formula is C26H30N4O4S. The third-order valence-corrected chi connectivity index (χ3v) is 7.20. The first-order valence-corrected chi connectivity index (χ1v) is 12.5. The van der Waals surface area contributed by atoms with Crippen LogP contribution in [0.2, 0.25) is 0 Å². The van der Waals surface area contributed by atoms with Crippen LogP contribution >= 0.6 is 11.8 Å². The van der Waals surface area contributed by atoms with Crippen LogP contribution in [-0.2, 0) is 25.8 Å². The number of hydrazone groups is 1. The number of unbranched alkanes of at least 4 members (excludes halogenated alkanes) is 1. The van der Waals surface area contributed by atoms with Gasteiger partial charge in [-0.3, -0.25) is 14.4 Å². The highest BCUT2D eigenvalue weighted by Gasteiger charge is 2.61. The predicted octanol–water partition coefficient (Wildman–Crippen LogP) is 4.18. The molecule has 0 fully saturated rings. The van der Waals surface area contributed by atoms with Crippen molar-refractivity contribution >= 4 is 40.3 Å². The fraction of sp³-hybridized carbons (Fsp3) is 0.385. The Bertz CT molecular complexity index is 1210. The van der Waals surface area contributed by atoms with Crippen LogP contribution in [0.1, 0.15) is 55.9 Å². The molecule has 1 spiro atoms. The third kappa shape index (κ3) is 4.52. The van der Waals surface area contributed by atoms with Gasteiger partial charge in [-0.25, -0.2) is 0 Å². The number of rotatable bonds is 6. The van der Waals surface area contributed by atoms with Crippen molar-refractivity contribution in [3.05, 3.63) is 58.7 Å². The Morgan fingerprint density at radius 3 is 2.49 bits per heavy atom. The molecule has 2 aromatic carbocycles. The monoisotopic (exact) mass is 494 g/mol. The molecule has 8 nitrogen and oxygen atoms in total. The molecular weight excluding hydrogens is 464 g/mol. The van der Waals surface area contributed by atoms with E-state index in [0.717, 1.165) is 52.7 Å². The Morgan fingerprint density at radius 1 is 1.14 bits per heavy atom. The highest BCUT2D eigenvalue weighted by atomic mass is 32.2. The van der Waals surface area contributed by atoms with Gasteiger partial charge < -0.3 is 15.0 Å². The van der Waals surface area contributed by atoms with Crippen LogP contribution in [0, 0.1) is 13.8 Å². The van der Waals surface area contributed by atoms with Gasteiger partial charge in [-0.1, -0.05) is 43.2 Å².